The minimum absolute atomic E-state index is 0.0167. The van der Waals surface area contributed by atoms with E-state index in [4.69, 9.17) is 10.5 Å². The number of methoxy groups -OCH3 is 1. The van der Waals surface area contributed by atoms with Crippen molar-refractivity contribution in [3.05, 3.63) is 24.0 Å². The van der Waals surface area contributed by atoms with Gasteiger partial charge in [0.05, 0.1) is 7.11 Å². The number of carbonyl (C=O) groups excluding carboxylic acids is 1. The first-order chi connectivity index (χ1) is 10.5. The molecule has 1 fully saturated rings. The van der Waals surface area contributed by atoms with Crippen LogP contribution in [0.3, 0.4) is 0 Å². The van der Waals surface area contributed by atoms with E-state index in [1.165, 1.54) is 30.6 Å². The number of nitrogens with two attached hydrogens (primary N) is 1. The molecule has 122 valence electrons. The molecule has 22 heavy (non-hydrogen) atoms. The molecule has 0 aliphatic heterocycles. The number of hydrogen-bond donors (Lipinski definition) is 1. The topological polar surface area (TPSA) is 55.6 Å². The highest BCUT2D eigenvalue weighted by Crippen LogP contribution is 2.39. The van der Waals surface area contributed by atoms with E-state index in [-0.39, 0.29) is 17.1 Å². The van der Waals surface area contributed by atoms with Gasteiger partial charge in [-0.25, -0.2) is 4.39 Å². The molecular weight excluding hydrogens is 283 g/mol. The predicted molar refractivity (Wildman–Crippen MR) is 85.6 cm³/mol. The highest BCUT2D eigenvalue weighted by molar-refractivity contribution is 5.93. The molecule has 0 heterocycles. The van der Waals surface area contributed by atoms with Crippen LogP contribution in [0, 0.1) is 11.2 Å². The van der Waals surface area contributed by atoms with Crippen LogP contribution in [0.2, 0.25) is 0 Å². The Labute approximate surface area is 131 Å². The van der Waals surface area contributed by atoms with Gasteiger partial charge in [0.25, 0.3) is 0 Å². The van der Waals surface area contributed by atoms with E-state index >= 15 is 0 Å². The van der Waals surface area contributed by atoms with Gasteiger partial charge < -0.3 is 15.4 Å². The summed E-state index contributed by atoms with van der Waals surface area (Å²) in [4.78, 5) is 14.1. The zero-order valence-corrected chi connectivity index (χ0v) is 13.4. The third kappa shape index (κ3) is 3.58. The van der Waals surface area contributed by atoms with E-state index < -0.39 is 5.82 Å². The molecule has 1 aromatic rings. The number of rotatable bonds is 5. The third-order valence-corrected chi connectivity index (χ3v) is 4.77. The number of benzene rings is 1. The molecule has 0 atom stereocenters. The molecule has 0 unspecified atom stereocenters. The Morgan fingerprint density at radius 2 is 2.05 bits per heavy atom. The predicted octanol–water partition coefficient (Wildman–Crippen LogP) is 3.10. The van der Waals surface area contributed by atoms with Crippen LogP contribution in [-0.4, -0.2) is 26.6 Å². The summed E-state index contributed by atoms with van der Waals surface area (Å²) >= 11 is 0. The highest BCUT2D eigenvalue weighted by Gasteiger charge is 2.34. The van der Waals surface area contributed by atoms with Crippen LogP contribution in [0.4, 0.5) is 10.1 Å². The quantitative estimate of drug-likeness (QED) is 0.909. The van der Waals surface area contributed by atoms with Crippen LogP contribution in [0.5, 0.6) is 5.75 Å². The van der Waals surface area contributed by atoms with Crippen LogP contribution < -0.4 is 15.4 Å². The van der Waals surface area contributed by atoms with Crippen molar-refractivity contribution in [3.63, 3.8) is 0 Å². The molecule has 2 N–H and O–H groups in total. The fourth-order valence-corrected chi connectivity index (χ4v) is 3.20. The Balaban J connectivity index is 2.09. The van der Waals surface area contributed by atoms with Gasteiger partial charge in [0.2, 0.25) is 5.91 Å². The summed E-state index contributed by atoms with van der Waals surface area (Å²) in [5.41, 5.74) is 6.39. The summed E-state index contributed by atoms with van der Waals surface area (Å²) < 4.78 is 18.7. The Hall–Kier alpha value is -1.62. The molecule has 5 heteroatoms. The van der Waals surface area contributed by atoms with Gasteiger partial charge in [0.1, 0.15) is 0 Å². The second kappa shape index (κ2) is 7.09. The summed E-state index contributed by atoms with van der Waals surface area (Å²) in [6.07, 6.45) is 5.90. The minimum Gasteiger partial charge on any atom is -0.494 e. The normalized spacial score (nSPS) is 17.1. The molecule has 1 aliphatic rings. The fraction of sp³-hybridized carbons (Fsp3) is 0.588. The lowest BCUT2D eigenvalue weighted by Gasteiger charge is -2.36. The molecule has 1 saturated carbocycles. The van der Waals surface area contributed by atoms with Crippen molar-refractivity contribution >= 4 is 11.6 Å². The molecule has 1 amide bonds. The number of ether oxygens (including phenoxy) is 1. The van der Waals surface area contributed by atoms with Gasteiger partial charge in [0, 0.05) is 25.2 Å². The number of nitrogens with zero attached hydrogens (tertiary/aromatic N) is 1. The standard InChI is InChI=1S/C17H25FN2O2/c1-20(13-6-7-15(22-2)14(18)10-13)16(21)11-17(12-19)8-4-3-5-9-17/h6-7,10H,3-5,8-9,11-12,19H2,1-2H3. The van der Waals surface area contributed by atoms with Gasteiger partial charge in [-0.2, -0.15) is 0 Å². The van der Waals surface area contributed by atoms with Gasteiger partial charge in [-0.1, -0.05) is 19.3 Å². The Kier molecular flexibility index (Phi) is 5.40. The molecule has 0 bridgehead atoms. The maximum Gasteiger partial charge on any atom is 0.227 e. The molecule has 1 aliphatic carbocycles. The van der Waals surface area contributed by atoms with E-state index in [1.807, 2.05) is 0 Å². The van der Waals surface area contributed by atoms with Crippen molar-refractivity contribution in [2.75, 3.05) is 25.6 Å². The average molecular weight is 308 g/mol. The smallest absolute Gasteiger partial charge is 0.227 e. The number of hydrogen-bond acceptors (Lipinski definition) is 3. The summed E-state index contributed by atoms with van der Waals surface area (Å²) in [5, 5.41) is 0. The Morgan fingerprint density at radius 1 is 1.36 bits per heavy atom. The third-order valence-electron chi connectivity index (χ3n) is 4.77. The summed E-state index contributed by atoms with van der Waals surface area (Å²) in [5.74, 6) is -0.307. The molecule has 0 saturated heterocycles. The first-order valence-corrected chi connectivity index (χ1v) is 7.81. The van der Waals surface area contributed by atoms with Crippen LogP contribution >= 0.6 is 0 Å². The van der Waals surface area contributed by atoms with Crippen LogP contribution in [0.1, 0.15) is 38.5 Å². The summed E-state index contributed by atoms with van der Waals surface area (Å²) in [6, 6.07) is 4.55. The van der Waals surface area contributed by atoms with Crippen molar-refractivity contribution in [2.45, 2.75) is 38.5 Å². The Morgan fingerprint density at radius 3 is 2.59 bits per heavy atom. The minimum atomic E-state index is -0.467. The van der Waals surface area contributed by atoms with E-state index in [0.29, 0.717) is 18.7 Å². The molecule has 0 radical (unpaired) electrons. The van der Waals surface area contributed by atoms with E-state index in [0.717, 1.165) is 25.7 Å². The second-order valence-corrected chi connectivity index (χ2v) is 6.21. The van der Waals surface area contributed by atoms with Crippen molar-refractivity contribution in [1.29, 1.82) is 0 Å². The molecule has 1 aromatic carbocycles. The number of halogens is 1. The fourth-order valence-electron chi connectivity index (χ4n) is 3.20. The maximum atomic E-state index is 13.8. The molecular formula is C17H25FN2O2. The van der Waals surface area contributed by atoms with Crippen LogP contribution in [-0.2, 0) is 4.79 Å². The zero-order chi connectivity index (χ0) is 16.2. The van der Waals surface area contributed by atoms with Gasteiger partial charge in [0.15, 0.2) is 11.6 Å². The Bertz CT molecular complexity index is 527. The summed E-state index contributed by atoms with van der Waals surface area (Å²) in [6.45, 7) is 0.531. The molecule has 4 nitrogen and oxygen atoms in total. The maximum absolute atomic E-state index is 13.8. The van der Waals surface area contributed by atoms with E-state index in [1.54, 1.807) is 13.1 Å². The first-order valence-electron chi connectivity index (χ1n) is 7.81. The number of carbonyl (C=O) groups is 1. The molecule has 0 spiro atoms. The highest BCUT2D eigenvalue weighted by atomic mass is 19.1. The summed E-state index contributed by atoms with van der Waals surface area (Å²) in [7, 11) is 3.09. The van der Waals surface area contributed by atoms with Crippen molar-refractivity contribution in [3.8, 4) is 5.75 Å². The van der Waals surface area contributed by atoms with Gasteiger partial charge >= 0.3 is 0 Å². The van der Waals surface area contributed by atoms with Crippen molar-refractivity contribution in [2.24, 2.45) is 11.1 Å². The van der Waals surface area contributed by atoms with Gasteiger partial charge in [-0.05, 0) is 36.9 Å². The molecule has 2 rings (SSSR count). The van der Waals surface area contributed by atoms with Crippen molar-refractivity contribution in [1.82, 2.24) is 0 Å². The second-order valence-electron chi connectivity index (χ2n) is 6.21. The zero-order valence-electron chi connectivity index (χ0n) is 13.4. The first kappa shape index (κ1) is 16.7. The lowest BCUT2D eigenvalue weighted by atomic mass is 9.71. The van der Waals surface area contributed by atoms with E-state index in [9.17, 15) is 9.18 Å². The van der Waals surface area contributed by atoms with Crippen molar-refractivity contribution < 1.29 is 13.9 Å². The van der Waals surface area contributed by atoms with Gasteiger partial charge in [-0.15, -0.1) is 0 Å². The number of anilines is 1. The SMILES string of the molecule is COc1ccc(N(C)C(=O)CC2(CN)CCCCC2)cc1F. The average Bonchev–Trinajstić information content (AvgIpc) is 2.54. The van der Waals surface area contributed by atoms with Crippen LogP contribution in [0.25, 0.3) is 0 Å². The lowest BCUT2D eigenvalue weighted by molar-refractivity contribution is -0.121. The van der Waals surface area contributed by atoms with Crippen LogP contribution in [0.15, 0.2) is 18.2 Å². The van der Waals surface area contributed by atoms with E-state index in [2.05, 4.69) is 0 Å². The largest absolute Gasteiger partial charge is 0.494 e. The molecule has 0 aromatic heterocycles. The lowest BCUT2D eigenvalue weighted by Crippen LogP contribution is -2.39. The monoisotopic (exact) mass is 308 g/mol. The number of amides is 1. The van der Waals surface area contributed by atoms with Gasteiger partial charge in [-0.3, -0.25) is 4.79 Å².